The third-order valence-corrected chi connectivity index (χ3v) is 6.00. The lowest BCUT2D eigenvalue weighted by Gasteiger charge is -2.48. The molecule has 0 N–H and O–H groups in total. The van der Waals surface area contributed by atoms with E-state index in [1.807, 2.05) is 21.9 Å². The van der Waals surface area contributed by atoms with Crippen LogP contribution in [0.4, 0.5) is 0 Å². The molecule has 5 nitrogen and oxygen atoms in total. The normalized spacial score (nSPS) is 23.1. The maximum atomic E-state index is 13.0. The minimum Gasteiger partial charge on any atom is -0.383 e. The average molecular weight is 373 g/mol. The molecule has 2 aliphatic heterocycles. The predicted octanol–water partition coefficient (Wildman–Crippen LogP) is 3.13. The highest BCUT2D eigenvalue weighted by Gasteiger charge is 2.42. The number of rotatable bonds is 6. The molecule has 0 unspecified atom stereocenters. The highest BCUT2D eigenvalue weighted by molar-refractivity contribution is 5.94. The number of benzene rings is 1. The van der Waals surface area contributed by atoms with Crippen molar-refractivity contribution >= 4 is 11.8 Å². The molecule has 0 aromatic heterocycles. The van der Waals surface area contributed by atoms with Gasteiger partial charge in [-0.25, -0.2) is 0 Å². The van der Waals surface area contributed by atoms with Gasteiger partial charge in [0.1, 0.15) is 0 Å². The van der Waals surface area contributed by atoms with Crippen molar-refractivity contribution in [1.82, 2.24) is 9.80 Å². The van der Waals surface area contributed by atoms with Gasteiger partial charge in [0.05, 0.1) is 6.61 Å². The zero-order valence-corrected chi connectivity index (χ0v) is 16.7. The lowest BCUT2D eigenvalue weighted by atomic mass is 9.73. The van der Waals surface area contributed by atoms with E-state index in [1.165, 1.54) is 5.56 Å². The molecule has 2 heterocycles. The summed E-state index contributed by atoms with van der Waals surface area (Å²) >= 11 is 0. The molecule has 1 atom stereocenters. The van der Waals surface area contributed by atoms with Gasteiger partial charge in [-0.05, 0) is 43.4 Å². The lowest BCUT2D eigenvalue weighted by molar-refractivity contribution is -0.139. The van der Waals surface area contributed by atoms with E-state index in [0.717, 1.165) is 57.3 Å². The van der Waals surface area contributed by atoms with Gasteiger partial charge in [-0.1, -0.05) is 25.5 Å². The first-order chi connectivity index (χ1) is 13.1. The van der Waals surface area contributed by atoms with Crippen LogP contribution in [0.2, 0.25) is 0 Å². The monoisotopic (exact) mass is 372 g/mol. The number of piperidine rings is 2. The minimum absolute atomic E-state index is 0.0394. The molecule has 1 aromatic carbocycles. The highest BCUT2D eigenvalue weighted by Crippen LogP contribution is 2.39. The molecule has 0 radical (unpaired) electrons. The van der Waals surface area contributed by atoms with E-state index in [-0.39, 0.29) is 17.2 Å². The van der Waals surface area contributed by atoms with Crippen molar-refractivity contribution in [2.45, 2.75) is 45.4 Å². The van der Waals surface area contributed by atoms with Crippen LogP contribution in [0.15, 0.2) is 24.3 Å². The van der Waals surface area contributed by atoms with E-state index in [4.69, 9.17) is 4.74 Å². The third kappa shape index (κ3) is 4.70. The van der Waals surface area contributed by atoms with Crippen LogP contribution in [0.1, 0.15) is 54.9 Å². The largest absolute Gasteiger partial charge is 0.383 e. The van der Waals surface area contributed by atoms with Crippen molar-refractivity contribution in [3.8, 4) is 0 Å². The maximum Gasteiger partial charge on any atom is 0.253 e. The molecule has 1 aromatic rings. The maximum absolute atomic E-state index is 13.0. The molecule has 3 rings (SSSR count). The van der Waals surface area contributed by atoms with Gasteiger partial charge in [-0.2, -0.15) is 0 Å². The topological polar surface area (TPSA) is 49.9 Å². The molecule has 148 valence electrons. The van der Waals surface area contributed by atoms with E-state index < -0.39 is 0 Å². The number of hydrogen-bond donors (Lipinski definition) is 0. The molecule has 0 aliphatic carbocycles. The number of likely N-dealkylation sites (tertiary alicyclic amines) is 2. The zero-order valence-electron chi connectivity index (χ0n) is 16.7. The fourth-order valence-corrected chi connectivity index (χ4v) is 4.51. The van der Waals surface area contributed by atoms with Crippen LogP contribution < -0.4 is 0 Å². The highest BCUT2D eigenvalue weighted by atomic mass is 16.5. The second kappa shape index (κ2) is 8.87. The van der Waals surface area contributed by atoms with Gasteiger partial charge in [0.15, 0.2) is 0 Å². The molecule has 2 fully saturated rings. The van der Waals surface area contributed by atoms with Gasteiger partial charge >= 0.3 is 0 Å². The van der Waals surface area contributed by atoms with Crippen LogP contribution in [0.5, 0.6) is 0 Å². The van der Waals surface area contributed by atoms with Crippen molar-refractivity contribution in [3.63, 3.8) is 0 Å². The number of amides is 2. The minimum atomic E-state index is 0.0394. The summed E-state index contributed by atoms with van der Waals surface area (Å²) in [6, 6.07) is 8.07. The van der Waals surface area contributed by atoms with Crippen LogP contribution >= 0.6 is 0 Å². The number of carbonyl (C=O) groups is 2. The van der Waals surface area contributed by atoms with Gasteiger partial charge in [-0.15, -0.1) is 0 Å². The van der Waals surface area contributed by atoms with Gasteiger partial charge in [-0.3, -0.25) is 9.59 Å². The van der Waals surface area contributed by atoms with E-state index in [2.05, 4.69) is 19.1 Å². The standard InChI is InChI=1S/C22H32N2O3/c1-3-5-18-6-8-19(9-7-18)21(26)24-13-4-11-22(17-24)12-10-20(25)23(16-22)14-15-27-2/h6-9H,3-5,10-17H2,1-2H3/t22-/m0/s1. The summed E-state index contributed by atoms with van der Waals surface area (Å²) in [6.07, 6.45) is 5.72. The smallest absolute Gasteiger partial charge is 0.253 e. The van der Waals surface area contributed by atoms with Gasteiger partial charge in [0.25, 0.3) is 5.91 Å². The van der Waals surface area contributed by atoms with E-state index in [1.54, 1.807) is 7.11 Å². The molecule has 5 heteroatoms. The van der Waals surface area contributed by atoms with E-state index in [0.29, 0.717) is 19.6 Å². The first-order valence-corrected chi connectivity index (χ1v) is 10.2. The van der Waals surface area contributed by atoms with Gasteiger partial charge < -0.3 is 14.5 Å². The molecule has 0 bridgehead atoms. The summed E-state index contributed by atoms with van der Waals surface area (Å²) in [7, 11) is 1.66. The molecular formula is C22H32N2O3. The molecule has 2 aliphatic rings. The summed E-state index contributed by atoms with van der Waals surface area (Å²) in [6.45, 7) is 5.67. The van der Waals surface area contributed by atoms with Crippen molar-refractivity contribution < 1.29 is 14.3 Å². The SMILES string of the molecule is CCCc1ccc(C(=O)N2CCC[C@@]3(CCC(=O)N(CCOC)C3)C2)cc1. The Labute approximate surface area is 162 Å². The Balaban J connectivity index is 1.67. The Bertz CT molecular complexity index is 658. The van der Waals surface area contributed by atoms with Crippen LogP contribution in [-0.4, -0.2) is 61.5 Å². The quantitative estimate of drug-likeness (QED) is 0.771. The number of hydrogen-bond acceptors (Lipinski definition) is 3. The Hall–Kier alpha value is -1.88. The molecule has 2 amide bonds. The Morgan fingerprint density at radius 2 is 1.96 bits per heavy atom. The first kappa shape index (κ1) is 19.9. The van der Waals surface area contributed by atoms with Crippen LogP contribution in [0, 0.1) is 5.41 Å². The number of aryl methyl sites for hydroxylation is 1. The van der Waals surface area contributed by atoms with Gasteiger partial charge in [0.2, 0.25) is 5.91 Å². The lowest BCUT2D eigenvalue weighted by Crippen LogP contribution is -2.55. The van der Waals surface area contributed by atoms with Crippen molar-refractivity contribution in [1.29, 1.82) is 0 Å². The fourth-order valence-electron chi connectivity index (χ4n) is 4.51. The van der Waals surface area contributed by atoms with Crippen LogP contribution in [0.3, 0.4) is 0 Å². The number of ether oxygens (including phenoxy) is 1. The summed E-state index contributed by atoms with van der Waals surface area (Å²) in [4.78, 5) is 29.2. The number of nitrogens with zero attached hydrogens (tertiary/aromatic N) is 2. The summed E-state index contributed by atoms with van der Waals surface area (Å²) < 4.78 is 5.15. The molecular weight excluding hydrogens is 340 g/mol. The molecule has 1 spiro atoms. The average Bonchev–Trinajstić information content (AvgIpc) is 2.69. The Kier molecular flexibility index (Phi) is 6.53. The van der Waals surface area contributed by atoms with Crippen LogP contribution in [0.25, 0.3) is 0 Å². The van der Waals surface area contributed by atoms with E-state index in [9.17, 15) is 9.59 Å². The van der Waals surface area contributed by atoms with Crippen molar-refractivity contribution in [2.24, 2.45) is 5.41 Å². The summed E-state index contributed by atoms with van der Waals surface area (Å²) in [5.74, 6) is 0.338. The summed E-state index contributed by atoms with van der Waals surface area (Å²) in [5.41, 5.74) is 2.09. The Morgan fingerprint density at radius 1 is 1.19 bits per heavy atom. The zero-order chi connectivity index (χ0) is 19.3. The Morgan fingerprint density at radius 3 is 2.67 bits per heavy atom. The molecule has 2 saturated heterocycles. The third-order valence-electron chi connectivity index (χ3n) is 6.00. The predicted molar refractivity (Wildman–Crippen MR) is 106 cm³/mol. The van der Waals surface area contributed by atoms with Crippen molar-refractivity contribution in [3.05, 3.63) is 35.4 Å². The van der Waals surface area contributed by atoms with Crippen LogP contribution in [-0.2, 0) is 16.0 Å². The molecule has 0 saturated carbocycles. The first-order valence-electron chi connectivity index (χ1n) is 10.2. The number of carbonyl (C=O) groups excluding carboxylic acids is 2. The second-order valence-corrected chi connectivity index (χ2v) is 8.09. The fraction of sp³-hybridized carbons (Fsp3) is 0.636. The van der Waals surface area contributed by atoms with E-state index >= 15 is 0 Å². The summed E-state index contributed by atoms with van der Waals surface area (Å²) in [5, 5.41) is 0. The number of methoxy groups -OCH3 is 1. The van der Waals surface area contributed by atoms with Gasteiger partial charge in [0, 0.05) is 50.7 Å². The van der Waals surface area contributed by atoms with Crippen molar-refractivity contribution in [2.75, 3.05) is 39.9 Å². The molecule has 27 heavy (non-hydrogen) atoms. The second-order valence-electron chi connectivity index (χ2n) is 8.09.